The Labute approximate surface area is 412 Å². The second kappa shape index (κ2) is 13.7. The van der Waals surface area contributed by atoms with E-state index in [1.165, 1.54) is 127 Å². The molecule has 3 nitrogen and oxygen atoms in total. The van der Waals surface area contributed by atoms with E-state index in [4.69, 9.17) is 4.42 Å². The summed E-state index contributed by atoms with van der Waals surface area (Å²) in [7, 11) is 0. The van der Waals surface area contributed by atoms with Crippen LogP contribution in [-0.2, 0) is 37.9 Å². The second-order valence-corrected chi connectivity index (χ2v) is 26.9. The van der Waals surface area contributed by atoms with Gasteiger partial charge in [-0.15, -0.1) is 0 Å². The molecule has 2 aliphatic heterocycles. The summed E-state index contributed by atoms with van der Waals surface area (Å²) in [6, 6.07) is 43.5. The maximum absolute atomic E-state index is 7.67. The van der Waals surface area contributed by atoms with Crippen LogP contribution in [0.5, 0.6) is 0 Å². The Balaban J connectivity index is 1.18. The Hall–Kier alpha value is -5.48. The van der Waals surface area contributed by atoms with Crippen LogP contribution in [0.4, 0.5) is 34.3 Å². The first kappa shape index (κ1) is 43.5. The van der Waals surface area contributed by atoms with Crippen LogP contribution in [0.25, 0.3) is 22.1 Å². The van der Waals surface area contributed by atoms with E-state index in [0.717, 1.165) is 24.3 Å². The highest BCUT2D eigenvalue weighted by molar-refractivity contribution is 7.01. The average Bonchev–Trinajstić information content (AvgIpc) is 3.92. The molecule has 350 valence electrons. The van der Waals surface area contributed by atoms with Crippen LogP contribution in [0, 0.1) is 0 Å². The van der Waals surface area contributed by atoms with E-state index in [1.807, 2.05) is 0 Å². The summed E-state index contributed by atoms with van der Waals surface area (Å²) < 4.78 is 7.67. The molecule has 0 saturated heterocycles. The van der Waals surface area contributed by atoms with E-state index in [1.54, 1.807) is 5.56 Å². The Morgan fingerprint density at radius 3 is 1.64 bits per heavy atom. The molecule has 7 aromatic rings. The van der Waals surface area contributed by atoms with E-state index in [2.05, 4.69) is 209 Å². The van der Waals surface area contributed by atoms with Gasteiger partial charge in [-0.3, -0.25) is 4.90 Å². The summed E-state index contributed by atoms with van der Waals surface area (Å²) in [5.74, 6) is 0.976. The summed E-state index contributed by atoms with van der Waals surface area (Å²) in [6.45, 7) is 31.7. The maximum Gasteiger partial charge on any atom is 0.257 e. The molecule has 0 amide bonds. The van der Waals surface area contributed by atoms with Gasteiger partial charge in [0.05, 0.1) is 0 Å². The molecule has 0 spiro atoms. The monoisotopic (exact) mass is 907 g/mol. The van der Waals surface area contributed by atoms with Gasteiger partial charge in [-0.1, -0.05) is 145 Å². The fraction of sp³-hybridized carbons (Fsp3) is 0.415. The summed E-state index contributed by atoms with van der Waals surface area (Å²) in [5, 5.41) is 1.28. The summed E-state index contributed by atoms with van der Waals surface area (Å²) >= 11 is 0. The van der Waals surface area contributed by atoms with Crippen molar-refractivity contribution >= 4 is 68.4 Å². The van der Waals surface area contributed by atoms with Gasteiger partial charge in [-0.2, -0.15) is 0 Å². The minimum absolute atomic E-state index is 0.0369. The number of nitrogens with zero attached hydrogens (tertiary/aromatic N) is 2. The Morgan fingerprint density at radius 2 is 1.01 bits per heavy atom. The number of rotatable bonds is 3. The highest BCUT2D eigenvalue weighted by Gasteiger charge is 2.55. The van der Waals surface area contributed by atoms with Crippen molar-refractivity contribution < 1.29 is 4.42 Å². The van der Waals surface area contributed by atoms with Gasteiger partial charge in [0, 0.05) is 39.3 Å². The molecule has 1 aromatic heterocycles. The zero-order valence-electron chi connectivity index (χ0n) is 43.7. The summed E-state index contributed by atoms with van der Waals surface area (Å²) in [6.07, 6.45) is 8.39. The molecule has 6 aromatic carbocycles. The molecule has 6 aliphatic rings. The molecule has 4 aliphatic carbocycles. The summed E-state index contributed by atoms with van der Waals surface area (Å²) in [5.41, 5.74) is 24.6. The van der Waals surface area contributed by atoms with E-state index in [9.17, 15) is 0 Å². The smallest absolute Gasteiger partial charge is 0.257 e. The number of anilines is 6. The third-order valence-corrected chi connectivity index (χ3v) is 19.3. The Bertz CT molecular complexity index is 3340. The normalized spacial score (nSPS) is 23.8. The van der Waals surface area contributed by atoms with Crippen molar-refractivity contribution in [2.24, 2.45) is 0 Å². The Morgan fingerprint density at radius 1 is 0.464 bits per heavy atom. The number of furan rings is 1. The van der Waals surface area contributed by atoms with Gasteiger partial charge >= 0.3 is 0 Å². The minimum Gasteiger partial charge on any atom is -0.440 e. The molecule has 3 heterocycles. The topological polar surface area (TPSA) is 19.6 Å². The molecular weight excluding hydrogens is 836 g/mol. The molecule has 1 saturated carbocycles. The zero-order valence-corrected chi connectivity index (χ0v) is 43.7. The van der Waals surface area contributed by atoms with Gasteiger partial charge in [-0.05, 0) is 198 Å². The molecule has 0 radical (unpaired) electrons. The SMILES string of the molecule is CC(C)(C)c1ccc(N2c3cc4c(cc3B3c5c2cc(-c2ccccc2)cc5N(c2ccc5c(c2)C(C)(C)CCC5(C)C)c2oc5cc6c(cc5c23)C2(C)CCC6(C)C2)C(C)(C)CCC4(C)C)cc1. The first-order valence-corrected chi connectivity index (χ1v) is 26.4. The maximum atomic E-state index is 7.67. The van der Waals surface area contributed by atoms with Crippen molar-refractivity contribution in [3.8, 4) is 11.1 Å². The Kier molecular flexibility index (Phi) is 8.63. The van der Waals surface area contributed by atoms with Gasteiger partial charge in [0.25, 0.3) is 6.71 Å². The van der Waals surface area contributed by atoms with Crippen molar-refractivity contribution in [1.82, 2.24) is 0 Å². The van der Waals surface area contributed by atoms with Crippen LogP contribution < -0.4 is 26.2 Å². The van der Waals surface area contributed by atoms with E-state index in [-0.39, 0.29) is 44.6 Å². The highest BCUT2D eigenvalue weighted by atomic mass is 16.4. The van der Waals surface area contributed by atoms with E-state index in [0.29, 0.717) is 0 Å². The first-order chi connectivity index (χ1) is 32.5. The lowest BCUT2D eigenvalue weighted by Crippen LogP contribution is -2.61. The largest absolute Gasteiger partial charge is 0.440 e. The highest BCUT2D eigenvalue weighted by Crippen LogP contribution is 2.62. The molecular formula is C65H71BN2O. The third kappa shape index (κ3) is 6.05. The summed E-state index contributed by atoms with van der Waals surface area (Å²) in [4.78, 5) is 5.22. The predicted octanol–water partition coefficient (Wildman–Crippen LogP) is 15.9. The van der Waals surface area contributed by atoms with Gasteiger partial charge in [0.15, 0.2) is 0 Å². The fourth-order valence-electron chi connectivity index (χ4n) is 14.8. The third-order valence-electron chi connectivity index (χ3n) is 19.3. The molecule has 2 bridgehead atoms. The second-order valence-electron chi connectivity index (χ2n) is 26.9. The van der Waals surface area contributed by atoms with Crippen LogP contribution in [0.2, 0.25) is 0 Å². The van der Waals surface area contributed by atoms with Crippen molar-refractivity contribution in [3.05, 3.63) is 148 Å². The number of benzene rings is 6. The van der Waals surface area contributed by atoms with Crippen molar-refractivity contribution in [1.29, 1.82) is 0 Å². The number of hydrogen-bond acceptors (Lipinski definition) is 3. The molecule has 13 rings (SSSR count). The molecule has 2 unspecified atom stereocenters. The van der Waals surface area contributed by atoms with Crippen LogP contribution >= 0.6 is 0 Å². The van der Waals surface area contributed by atoms with Crippen LogP contribution in [0.1, 0.15) is 174 Å². The molecule has 1 fully saturated rings. The molecule has 69 heavy (non-hydrogen) atoms. The number of hydrogen-bond donors (Lipinski definition) is 0. The lowest BCUT2D eigenvalue weighted by atomic mass is 9.33. The van der Waals surface area contributed by atoms with Crippen LogP contribution in [0.3, 0.4) is 0 Å². The average molecular weight is 907 g/mol. The first-order valence-electron chi connectivity index (χ1n) is 26.4. The quantitative estimate of drug-likeness (QED) is 0.165. The van der Waals surface area contributed by atoms with Gasteiger partial charge in [0.1, 0.15) is 5.58 Å². The molecule has 4 heteroatoms. The van der Waals surface area contributed by atoms with E-state index < -0.39 is 0 Å². The standard InChI is InChI=1S/C65H71BN2O/c1-59(2,3)41-19-21-42(22-20-41)67-52-36-48-47(62(8,9)27-28-63(48,10)11)35-51(52)66-56-44-34-49-50(65(13)30-29-64(49,12)38-65)37-55(44)69-58(56)68(43-23-24-45-46(33-43)61(6,7)26-25-60(45,4)5)54-32-40(31-53(67)57(54)66)39-17-15-14-16-18-39/h14-24,31-37H,25-30,38H2,1-13H3. The number of fused-ring (bicyclic) bond motifs is 13. The minimum atomic E-state index is -0.0494. The van der Waals surface area contributed by atoms with Crippen molar-refractivity contribution in [2.75, 3.05) is 9.80 Å². The lowest BCUT2D eigenvalue weighted by molar-refractivity contribution is 0.332. The van der Waals surface area contributed by atoms with Crippen molar-refractivity contribution in [3.63, 3.8) is 0 Å². The molecule has 2 atom stereocenters. The van der Waals surface area contributed by atoms with Gasteiger partial charge < -0.3 is 9.32 Å². The lowest BCUT2D eigenvalue weighted by Gasteiger charge is -2.47. The van der Waals surface area contributed by atoms with Crippen molar-refractivity contribution in [2.45, 2.75) is 173 Å². The fourth-order valence-corrected chi connectivity index (χ4v) is 14.8. The van der Waals surface area contributed by atoms with Gasteiger partial charge in [-0.25, -0.2) is 0 Å². The van der Waals surface area contributed by atoms with Crippen LogP contribution in [0.15, 0.2) is 114 Å². The van der Waals surface area contributed by atoms with Crippen LogP contribution in [-0.4, -0.2) is 6.71 Å². The predicted molar refractivity (Wildman–Crippen MR) is 293 cm³/mol. The molecule has 0 N–H and O–H groups in total. The zero-order chi connectivity index (χ0) is 48.2. The van der Waals surface area contributed by atoms with Gasteiger partial charge in [0.2, 0.25) is 5.88 Å². The van der Waals surface area contributed by atoms with E-state index >= 15 is 0 Å².